The van der Waals surface area contributed by atoms with Gasteiger partial charge in [0, 0.05) is 13.1 Å². The van der Waals surface area contributed by atoms with Crippen LogP contribution in [0.25, 0.3) is 5.82 Å². The first-order valence-electron chi connectivity index (χ1n) is 5.97. The van der Waals surface area contributed by atoms with Crippen molar-refractivity contribution in [2.75, 3.05) is 18.0 Å². The fourth-order valence-corrected chi connectivity index (χ4v) is 2.46. The zero-order valence-corrected chi connectivity index (χ0v) is 10.6. The van der Waals surface area contributed by atoms with Crippen LogP contribution in [0.3, 0.4) is 0 Å². The summed E-state index contributed by atoms with van der Waals surface area (Å²) < 4.78 is 1.55. The molecule has 3 rings (SSSR count). The zero-order chi connectivity index (χ0) is 12.4. The van der Waals surface area contributed by atoms with Crippen molar-refractivity contribution in [3.05, 3.63) is 24.0 Å². The lowest BCUT2D eigenvalue weighted by Crippen LogP contribution is -2.30. The number of halogens is 1. The van der Waals surface area contributed by atoms with E-state index in [1.807, 2.05) is 0 Å². The van der Waals surface area contributed by atoms with Crippen LogP contribution in [0.15, 0.2) is 19.0 Å². The molecule has 2 aromatic rings. The molecule has 0 saturated carbocycles. The van der Waals surface area contributed by atoms with E-state index in [2.05, 4.69) is 25.0 Å². The summed E-state index contributed by atoms with van der Waals surface area (Å²) in [6, 6.07) is 0. The van der Waals surface area contributed by atoms with Gasteiger partial charge in [0.15, 0.2) is 11.6 Å². The van der Waals surface area contributed by atoms with Gasteiger partial charge in [-0.1, -0.05) is 11.6 Å². The molecule has 0 amide bonds. The Morgan fingerprint density at radius 1 is 1.00 bits per heavy atom. The minimum atomic E-state index is 0.532. The fourth-order valence-electron chi connectivity index (χ4n) is 2.16. The second-order valence-corrected chi connectivity index (χ2v) is 4.60. The van der Waals surface area contributed by atoms with Crippen LogP contribution < -0.4 is 4.90 Å². The van der Waals surface area contributed by atoms with Crippen LogP contribution in [0.5, 0.6) is 0 Å². The molecule has 1 fully saturated rings. The first kappa shape index (κ1) is 11.4. The highest BCUT2D eigenvalue weighted by Crippen LogP contribution is 2.29. The number of rotatable bonds is 2. The van der Waals surface area contributed by atoms with E-state index >= 15 is 0 Å². The SMILES string of the molecule is Clc1c(N2CCCCC2)ncnc1-n1cncn1. The van der Waals surface area contributed by atoms with Gasteiger partial charge in [0.25, 0.3) is 0 Å². The van der Waals surface area contributed by atoms with Crippen LogP contribution in [0.2, 0.25) is 5.02 Å². The molecule has 2 aromatic heterocycles. The average Bonchev–Trinajstić information content (AvgIpc) is 2.94. The molecule has 0 radical (unpaired) electrons. The Hall–Kier alpha value is -1.69. The molecule has 0 atom stereocenters. The molecule has 0 aliphatic carbocycles. The molecule has 1 aliphatic heterocycles. The molecule has 3 heterocycles. The number of hydrogen-bond acceptors (Lipinski definition) is 5. The summed E-state index contributed by atoms with van der Waals surface area (Å²) in [5.41, 5.74) is 0. The number of hydrogen-bond donors (Lipinski definition) is 0. The summed E-state index contributed by atoms with van der Waals surface area (Å²) in [7, 11) is 0. The van der Waals surface area contributed by atoms with Gasteiger partial charge < -0.3 is 4.90 Å². The maximum atomic E-state index is 6.38. The molecule has 94 valence electrons. The van der Waals surface area contributed by atoms with Crippen molar-refractivity contribution in [1.82, 2.24) is 24.7 Å². The van der Waals surface area contributed by atoms with Gasteiger partial charge in [-0.2, -0.15) is 5.10 Å². The van der Waals surface area contributed by atoms with Gasteiger partial charge in [-0.05, 0) is 19.3 Å². The minimum absolute atomic E-state index is 0.532. The van der Waals surface area contributed by atoms with Crippen LogP contribution in [0.1, 0.15) is 19.3 Å². The second-order valence-electron chi connectivity index (χ2n) is 4.22. The molecule has 1 saturated heterocycles. The van der Waals surface area contributed by atoms with Crippen molar-refractivity contribution in [3.63, 3.8) is 0 Å². The molecule has 0 N–H and O–H groups in total. The van der Waals surface area contributed by atoms with E-state index in [0.717, 1.165) is 18.9 Å². The van der Waals surface area contributed by atoms with Crippen LogP contribution >= 0.6 is 11.6 Å². The lowest BCUT2D eigenvalue weighted by molar-refractivity contribution is 0.572. The average molecular weight is 265 g/mol. The highest BCUT2D eigenvalue weighted by atomic mass is 35.5. The molecule has 0 aromatic carbocycles. The van der Waals surface area contributed by atoms with Crippen molar-refractivity contribution >= 4 is 17.4 Å². The maximum absolute atomic E-state index is 6.38. The highest BCUT2D eigenvalue weighted by molar-refractivity contribution is 6.34. The predicted molar refractivity (Wildman–Crippen MR) is 68.0 cm³/mol. The van der Waals surface area contributed by atoms with Gasteiger partial charge in [-0.3, -0.25) is 0 Å². The summed E-state index contributed by atoms with van der Waals surface area (Å²) in [5, 5.41) is 4.58. The Morgan fingerprint density at radius 2 is 1.78 bits per heavy atom. The Morgan fingerprint density at radius 3 is 2.50 bits per heavy atom. The Labute approximate surface area is 110 Å². The highest BCUT2D eigenvalue weighted by Gasteiger charge is 2.18. The van der Waals surface area contributed by atoms with Crippen molar-refractivity contribution in [3.8, 4) is 5.82 Å². The Kier molecular flexibility index (Phi) is 3.10. The van der Waals surface area contributed by atoms with Crippen LogP contribution in [-0.2, 0) is 0 Å². The Bertz CT molecular complexity index is 520. The fraction of sp³-hybridized carbons (Fsp3) is 0.455. The summed E-state index contributed by atoms with van der Waals surface area (Å²) in [6.07, 6.45) is 8.19. The number of piperidine rings is 1. The third-order valence-corrected chi connectivity index (χ3v) is 3.38. The van der Waals surface area contributed by atoms with E-state index in [0.29, 0.717) is 10.8 Å². The normalized spacial score (nSPS) is 15.9. The quantitative estimate of drug-likeness (QED) is 0.826. The number of anilines is 1. The van der Waals surface area contributed by atoms with Gasteiger partial charge in [-0.15, -0.1) is 0 Å². The third kappa shape index (κ3) is 2.03. The monoisotopic (exact) mass is 264 g/mol. The van der Waals surface area contributed by atoms with Crippen molar-refractivity contribution in [1.29, 1.82) is 0 Å². The van der Waals surface area contributed by atoms with Gasteiger partial charge in [-0.25, -0.2) is 19.6 Å². The summed E-state index contributed by atoms with van der Waals surface area (Å²) in [6.45, 7) is 1.99. The van der Waals surface area contributed by atoms with Crippen molar-refractivity contribution in [2.45, 2.75) is 19.3 Å². The number of aromatic nitrogens is 5. The molecule has 18 heavy (non-hydrogen) atoms. The van der Waals surface area contributed by atoms with Crippen LogP contribution in [-0.4, -0.2) is 37.8 Å². The van der Waals surface area contributed by atoms with E-state index in [4.69, 9.17) is 11.6 Å². The first-order valence-corrected chi connectivity index (χ1v) is 6.34. The maximum Gasteiger partial charge on any atom is 0.179 e. The van der Waals surface area contributed by atoms with E-state index in [-0.39, 0.29) is 0 Å². The van der Waals surface area contributed by atoms with Crippen LogP contribution in [0, 0.1) is 0 Å². The molecule has 0 bridgehead atoms. The molecule has 0 unspecified atom stereocenters. The van der Waals surface area contributed by atoms with E-state index in [1.165, 1.54) is 31.9 Å². The van der Waals surface area contributed by atoms with Gasteiger partial charge in [0.2, 0.25) is 0 Å². The second kappa shape index (κ2) is 4.89. The summed E-state index contributed by atoms with van der Waals surface area (Å²) in [5.74, 6) is 1.36. The minimum Gasteiger partial charge on any atom is -0.355 e. The molecular formula is C11H13ClN6. The first-order chi connectivity index (χ1) is 8.86. The lowest BCUT2D eigenvalue weighted by atomic mass is 10.1. The lowest BCUT2D eigenvalue weighted by Gasteiger charge is -2.28. The number of nitrogens with zero attached hydrogens (tertiary/aromatic N) is 6. The van der Waals surface area contributed by atoms with Crippen molar-refractivity contribution < 1.29 is 0 Å². The third-order valence-electron chi connectivity index (χ3n) is 3.04. The summed E-state index contributed by atoms with van der Waals surface area (Å²) >= 11 is 6.38. The standard InChI is InChI=1S/C11H13ClN6/c12-9-10(17-4-2-1-3-5-17)14-7-15-11(9)18-8-13-6-16-18/h6-8H,1-5H2. The Balaban J connectivity index is 1.98. The molecular weight excluding hydrogens is 252 g/mol. The van der Waals surface area contributed by atoms with Gasteiger partial charge in [0.05, 0.1) is 0 Å². The predicted octanol–water partition coefficient (Wildman–Crippen LogP) is 1.70. The van der Waals surface area contributed by atoms with E-state index in [9.17, 15) is 0 Å². The molecule has 7 heteroatoms. The van der Waals surface area contributed by atoms with Crippen LogP contribution in [0.4, 0.5) is 5.82 Å². The topological polar surface area (TPSA) is 59.7 Å². The summed E-state index contributed by atoms with van der Waals surface area (Å²) in [4.78, 5) is 14.6. The van der Waals surface area contributed by atoms with E-state index in [1.54, 1.807) is 11.0 Å². The van der Waals surface area contributed by atoms with Gasteiger partial charge >= 0.3 is 0 Å². The zero-order valence-electron chi connectivity index (χ0n) is 9.83. The molecule has 0 spiro atoms. The largest absolute Gasteiger partial charge is 0.355 e. The van der Waals surface area contributed by atoms with E-state index < -0.39 is 0 Å². The molecule has 1 aliphatic rings. The molecule has 6 nitrogen and oxygen atoms in total. The smallest absolute Gasteiger partial charge is 0.179 e. The van der Waals surface area contributed by atoms with Gasteiger partial charge in [0.1, 0.15) is 24.0 Å². The van der Waals surface area contributed by atoms with Crippen molar-refractivity contribution in [2.24, 2.45) is 0 Å².